The van der Waals surface area contributed by atoms with Gasteiger partial charge in [0, 0.05) is 43.1 Å². The van der Waals surface area contributed by atoms with Crippen LogP contribution in [0.25, 0.3) is 0 Å². The Kier molecular flexibility index (Phi) is 7.74. The fraction of sp³-hybridized carbons (Fsp3) is 0.529. The lowest BCUT2D eigenvalue weighted by atomic mass is 9.62. The maximum absolute atomic E-state index is 14.5. The van der Waals surface area contributed by atoms with Crippen LogP contribution in [-0.2, 0) is 35.0 Å². The van der Waals surface area contributed by atoms with Gasteiger partial charge in [0.05, 0.1) is 18.1 Å². The Hall–Kier alpha value is -3.86. The number of fused-ring (bicyclic) bond motifs is 1. The molecule has 2 aliphatic carbocycles. The summed E-state index contributed by atoms with van der Waals surface area (Å²) in [7, 11) is 3.59. The zero-order valence-electron chi connectivity index (χ0n) is 26.8. The van der Waals surface area contributed by atoms with Crippen LogP contribution in [0.15, 0.2) is 42.7 Å². The molecule has 0 N–H and O–H groups in total. The van der Waals surface area contributed by atoms with Crippen LogP contribution in [-0.4, -0.2) is 56.0 Å². The lowest BCUT2D eigenvalue weighted by Gasteiger charge is -2.46. The number of benzene rings is 2. The van der Waals surface area contributed by atoms with Crippen molar-refractivity contribution < 1.29 is 27.8 Å². The number of ether oxygens (including phenoxy) is 2. The minimum absolute atomic E-state index is 0.0264. The second kappa shape index (κ2) is 11.2. The molecule has 0 atom stereocenters. The van der Waals surface area contributed by atoms with E-state index >= 15 is 0 Å². The second-order valence-corrected chi connectivity index (χ2v) is 14.0. The predicted molar refractivity (Wildman–Crippen MR) is 164 cm³/mol. The van der Waals surface area contributed by atoms with E-state index in [-0.39, 0.29) is 36.2 Å². The molecule has 0 unspecified atom stereocenters. The smallest absolute Gasteiger partial charge is 0.411 e. The number of aromatic nitrogens is 3. The summed E-state index contributed by atoms with van der Waals surface area (Å²) in [6.45, 7) is 7.61. The Balaban J connectivity index is 1.31. The van der Waals surface area contributed by atoms with Crippen LogP contribution in [0.1, 0.15) is 105 Å². The van der Waals surface area contributed by atoms with Crippen molar-refractivity contribution in [2.75, 3.05) is 12.0 Å². The van der Waals surface area contributed by atoms with E-state index in [4.69, 9.17) is 9.47 Å². The molecule has 45 heavy (non-hydrogen) atoms. The molecule has 0 radical (unpaired) electrons. The topological polar surface area (TPSA) is 89.8 Å². The fourth-order valence-electron chi connectivity index (χ4n) is 6.91. The number of anilines is 1. The molecule has 2 aromatic carbocycles. The maximum Gasteiger partial charge on any atom is 0.411 e. The number of amides is 2. The molecule has 6 rings (SSSR count). The molecule has 2 saturated carbocycles. The van der Waals surface area contributed by atoms with E-state index in [0.29, 0.717) is 29.7 Å². The van der Waals surface area contributed by atoms with Crippen molar-refractivity contribution in [1.29, 1.82) is 0 Å². The number of halogens is 2. The second-order valence-electron chi connectivity index (χ2n) is 14.0. The average molecular weight is 622 g/mol. The average Bonchev–Trinajstić information content (AvgIpc) is 3.52. The number of nitrogens with zero attached hydrogens (tertiary/aromatic N) is 5. The van der Waals surface area contributed by atoms with Crippen molar-refractivity contribution in [3.63, 3.8) is 0 Å². The summed E-state index contributed by atoms with van der Waals surface area (Å²) in [6.07, 6.45) is 2.46. The Morgan fingerprint density at radius 1 is 1.18 bits per heavy atom. The van der Waals surface area contributed by atoms with E-state index in [1.807, 2.05) is 63.6 Å². The Bertz CT molecular complexity index is 1620. The summed E-state index contributed by atoms with van der Waals surface area (Å²) >= 11 is 0. The first kappa shape index (κ1) is 31.1. The van der Waals surface area contributed by atoms with E-state index in [1.165, 1.54) is 6.07 Å². The van der Waals surface area contributed by atoms with Gasteiger partial charge in [0.15, 0.2) is 0 Å². The summed E-state index contributed by atoms with van der Waals surface area (Å²) in [5.41, 5.74) is 0.788. The third-order valence-electron chi connectivity index (χ3n) is 9.82. The Morgan fingerprint density at radius 3 is 2.49 bits per heavy atom. The van der Waals surface area contributed by atoms with Crippen molar-refractivity contribution in [2.45, 2.75) is 102 Å². The third kappa shape index (κ3) is 5.49. The highest BCUT2D eigenvalue weighted by molar-refractivity contribution is 6.10. The number of carbonyl (C=O) groups excluding carboxylic acids is 2. The van der Waals surface area contributed by atoms with Crippen LogP contribution in [0.2, 0.25) is 0 Å². The van der Waals surface area contributed by atoms with Gasteiger partial charge in [0.2, 0.25) is 0 Å². The Labute approximate surface area is 262 Å². The van der Waals surface area contributed by atoms with Gasteiger partial charge in [-0.05, 0) is 101 Å². The minimum Gasteiger partial charge on any atom is -0.443 e. The SMILES string of the molecule is COC1CC(c2cccc(N3Cc4c(cc(CN(C(=O)OC5(C)CCC5)C(C)(C)C)cc4C(F)F)C3=O)c2)(c2nncn2C)C1. The van der Waals surface area contributed by atoms with Crippen molar-refractivity contribution in [3.8, 4) is 0 Å². The number of hydrogen-bond donors (Lipinski definition) is 0. The largest absolute Gasteiger partial charge is 0.443 e. The summed E-state index contributed by atoms with van der Waals surface area (Å²) in [4.78, 5) is 30.3. The monoisotopic (exact) mass is 621 g/mol. The third-order valence-corrected chi connectivity index (χ3v) is 9.82. The van der Waals surface area contributed by atoms with Crippen LogP contribution < -0.4 is 4.90 Å². The molecule has 1 aromatic heterocycles. The first-order valence-electron chi connectivity index (χ1n) is 15.5. The number of alkyl halides is 2. The molecule has 1 aliphatic heterocycles. The number of carbonyl (C=O) groups is 2. The normalized spacial score (nSPS) is 22.2. The first-order valence-corrected chi connectivity index (χ1v) is 15.5. The van der Waals surface area contributed by atoms with Crippen LogP contribution >= 0.6 is 0 Å². The molecular weight excluding hydrogens is 580 g/mol. The number of hydrogen-bond acceptors (Lipinski definition) is 6. The first-order chi connectivity index (χ1) is 21.2. The molecule has 0 bridgehead atoms. The van der Waals surface area contributed by atoms with Crippen molar-refractivity contribution in [2.24, 2.45) is 7.05 Å². The quantitative estimate of drug-likeness (QED) is 0.279. The van der Waals surface area contributed by atoms with E-state index in [0.717, 1.165) is 30.7 Å². The van der Waals surface area contributed by atoms with Gasteiger partial charge in [-0.1, -0.05) is 12.1 Å². The van der Waals surface area contributed by atoms with Gasteiger partial charge < -0.3 is 18.9 Å². The summed E-state index contributed by atoms with van der Waals surface area (Å²) in [5, 5.41) is 8.50. The van der Waals surface area contributed by atoms with Gasteiger partial charge in [-0.25, -0.2) is 13.6 Å². The molecule has 2 fully saturated rings. The lowest BCUT2D eigenvalue weighted by Crippen LogP contribution is -2.49. The van der Waals surface area contributed by atoms with Gasteiger partial charge in [0.1, 0.15) is 17.8 Å². The molecule has 240 valence electrons. The Morgan fingerprint density at radius 2 is 1.91 bits per heavy atom. The highest BCUT2D eigenvalue weighted by Gasteiger charge is 2.50. The van der Waals surface area contributed by atoms with Gasteiger partial charge in [-0.15, -0.1) is 10.2 Å². The van der Waals surface area contributed by atoms with Crippen molar-refractivity contribution in [1.82, 2.24) is 19.7 Å². The summed E-state index contributed by atoms with van der Waals surface area (Å²) in [5.74, 6) is 0.454. The van der Waals surface area contributed by atoms with Gasteiger partial charge in [-0.2, -0.15) is 0 Å². The van der Waals surface area contributed by atoms with Crippen LogP contribution in [0.5, 0.6) is 0 Å². The van der Waals surface area contributed by atoms with E-state index in [2.05, 4.69) is 10.2 Å². The standard InChI is InChI=1S/C34H41F2N5O4/c1-32(2,3)41(31(43)45-33(4)11-8-12-33)18-21-13-25(28(35)36)27-19-40(29(42)26(27)14-21)23-10-7-9-22(15-23)34(16-24(17-34)44-6)30-38-37-20-39(30)5/h7,9-10,13-15,20,24,28H,8,11-12,16-19H2,1-6H3. The number of aryl methyl sites for hydroxylation is 1. The zero-order valence-corrected chi connectivity index (χ0v) is 26.8. The molecule has 2 amide bonds. The number of methoxy groups -OCH3 is 1. The molecule has 0 spiro atoms. The van der Waals surface area contributed by atoms with Crippen LogP contribution in [0.3, 0.4) is 0 Å². The van der Waals surface area contributed by atoms with E-state index in [1.54, 1.807) is 29.3 Å². The number of rotatable bonds is 8. The van der Waals surface area contributed by atoms with E-state index < -0.39 is 29.1 Å². The molecule has 11 heteroatoms. The predicted octanol–water partition coefficient (Wildman–Crippen LogP) is 6.69. The van der Waals surface area contributed by atoms with Crippen molar-refractivity contribution in [3.05, 3.63) is 76.4 Å². The minimum atomic E-state index is -2.79. The molecular formula is C34H41F2N5O4. The molecule has 0 saturated heterocycles. The molecule has 3 aliphatic rings. The maximum atomic E-state index is 14.5. The highest BCUT2D eigenvalue weighted by Crippen LogP contribution is 2.50. The lowest BCUT2D eigenvalue weighted by molar-refractivity contribution is -0.0582. The highest BCUT2D eigenvalue weighted by atomic mass is 19.3. The van der Waals surface area contributed by atoms with Gasteiger partial charge in [0.25, 0.3) is 12.3 Å². The fourth-order valence-corrected chi connectivity index (χ4v) is 6.91. The van der Waals surface area contributed by atoms with Gasteiger partial charge in [-0.3, -0.25) is 9.69 Å². The zero-order chi connectivity index (χ0) is 32.3. The molecule has 2 heterocycles. The molecule has 9 nitrogen and oxygen atoms in total. The van der Waals surface area contributed by atoms with Gasteiger partial charge >= 0.3 is 6.09 Å². The van der Waals surface area contributed by atoms with E-state index in [9.17, 15) is 18.4 Å². The van der Waals surface area contributed by atoms with Crippen molar-refractivity contribution >= 4 is 17.7 Å². The summed E-state index contributed by atoms with van der Waals surface area (Å²) < 4.78 is 42.4. The van der Waals surface area contributed by atoms with Crippen LogP contribution in [0.4, 0.5) is 19.3 Å². The van der Waals surface area contributed by atoms with Crippen LogP contribution in [0, 0.1) is 0 Å². The summed E-state index contributed by atoms with van der Waals surface area (Å²) in [6, 6.07) is 10.7. The molecule has 3 aromatic rings.